The molecule has 3 N–H and O–H groups in total. The molecule has 112 valence electrons. The highest BCUT2D eigenvalue weighted by Crippen LogP contribution is 2.48. The molecular formula is C15H24N2O3. The molecule has 5 heteroatoms. The van der Waals surface area contributed by atoms with Crippen molar-refractivity contribution in [2.45, 2.75) is 51.0 Å². The van der Waals surface area contributed by atoms with Crippen LogP contribution in [0.15, 0.2) is 0 Å². The van der Waals surface area contributed by atoms with Crippen LogP contribution in [0, 0.1) is 23.7 Å². The monoisotopic (exact) mass is 280 g/mol. The van der Waals surface area contributed by atoms with Crippen LogP contribution in [-0.2, 0) is 4.79 Å². The fraction of sp³-hybridized carbons (Fsp3) is 0.867. The Labute approximate surface area is 119 Å². The van der Waals surface area contributed by atoms with E-state index in [1.807, 2.05) is 0 Å². The second-order valence-electron chi connectivity index (χ2n) is 6.71. The van der Waals surface area contributed by atoms with Crippen molar-refractivity contribution in [1.29, 1.82) is 0 Å². The molecule has 0 aromatic rings. The maximum Gasteiger partial charge on any atom is 0.315 e. The van der Waals surface area contributed by atoms with Crippen molar-refractivity contribution in [1.82, 2.24) is 10.6 Å². The van der Waals surface area contributed by atoms with E-state index < -0.39 is 5.97 Å². The first-order valence-corrected chi connectivity index (χ1v) is 7.92. The van der Waals surface area contributed by atoms with Crippen molar-refractivity contribution < 1.29 is 14.7 Å². The molecule has 3 saturated carbocycles. The summed E-state index contributed by atoms with van der Waals surface area (Å²) in [4.78, 5) is 23.3. The van der Waals surface area contributed by atoms with Gasteiger partial charge in [0.2, 0.25) is 0 Å². The second kappa shape index (κ2) is 5.62. The topological polar surface area (TPSA) is 78.4 Å². The van der Waals surface area contributed by atoms with Crippen LogP contribution >= 0.6 is 0 Å². The van der Waals surface area contributed by atoms with Crippen LogP contribution in [-0.4, -0.2) is 29.7 Å². The third kappa shape index (κ3) is 2.63. The van der Waals surface area contributed by atoms with Gasteiger partial charge >= 0.3 is 12.0 Å². The van der Waals surface area contributed by atoms with Crippen molar-refractivity contribution in [3.8, 4) is 0 Å². The Kier molecular flexibility index (Phi) is 3.85. The molecule has 0 aromatic carbocycles. The molecule has 2 bridgehead atoms. The number of nitrogens with one attached hydrogen (secondary N) is 2. The zero-order chi connectivity index (χ0) is 14.1. The van der Waals surface area contributed by atoms with Gasteiger partial charge in [-0.1, -0.05) is 19.3 Å². The molecule has 2 amide bonds. The van der Waals surface area contributed by atoms with E-state index >= 15 is 0 Å². The van der Waals surface area contributed by atoms with Gasteiger partial charge in [-0.3, -0.25) is 4.79 Å². The fourth-order valence-electron chi connectivity index (χ4n) is 4.23. The van der Waals surface area contributed by atoms with Crippen LogP contribution in [0.25, 0.3) is 0 Å². The highest BCUT2D eigenvalue weighted by atomic mass is 16.4. The Morgan fingerprint density at radius 2 is 1.85 bits per heavy atom. The first-order valence-electron chi connectivity index (χ1n) is 7.92. The average Bonchev–Trinajstić information content (AvgIpc) is 2.92. The van der Waals surface area contributed by atoms with Gasteiger partial charge in [0.1, 0.15) is 0 Å². The van der Waals surface area contributed by atoms with E-state index in [0.29, 0.717) is 12.5 Å². The smallest absolute Gasteiger partial charge is 0.315 e. The minimum atomic E-state index is -0.753. The Hall–Kier alpha value is -1.26. The fourth-order valence-corrected chi connectivity index (χ4v) is 4.23. The third-order valence-corrected chi connectivity index (χ3v) is 5.56. The molecule has 0 radical (unpaired) electrons. The largest absolute Gasteiger partial charge is 0.481 e. The van der Waals surface area contributed by atoms with E-state index in [-0.39, 0.29) is 23.9 Å². The standard InChI is InChI=1S/C15H24N2O3/c18-14(19)12-10-4-5-11(8-10)13(12)17-15(20)16-7-6-9-2-1-3-9/h9-13H,1-8H2,(H,18,19)(H2,16,17,20). The highest BCUT2D eigenvalue weighted by Gasteiger charge is 2.51. The lowest BCUT2D eigenvalue weighted by atomic mass is 9.83. The van der Waals surface area contributed by atoms with E-state index in [9.17, 15) is 14.7 Å². The number of aliphatic carboxylic acids is 1. The molecule has 0 aliphatic heterocycles. The lowest BCUT2D eigenvalue weighted by Crippen LogP contribution is -2.50. The zero-order valence-electron chi connectivity index (χ0n) is 11.8. The number of carboxylic acids is 1. The van der Waals surface area contributed by atoms with Crippen molar-refractivity contribution in [3.05, 3.63) is 0 Å². The van der Waals surface area contributed by atoms with Gasteiger partial charge in [-0.05, 0) is 43.4 Å². The molecule has 3 rings (SSSR count). The lowest BCUT2D eigenvalue weighted by Gasteiger charge is -2.29. The van der Waals surface area contributed by atoms with E-state index in [2.05, 4.69) is 10.6 Å². The quantitative estimate of drug-likeness (QED) is 0.720. The summed E-state index contributed by atoms with van der Waals surface area (Å²) < 4.78 is 0. The van der Waals surface area contributed by atoms with E-state index in [1.54, 1.807) is 0 Å². The molecule has 3 aliphatic rings. The van der Waals surface area contributed by atoms with Gasteiger partial charge in [0, 0.05) is 12.6 Å². The number of urea groups is 1. The molecule has 0 aromatic heterocycles. The minimum Gasteiger partial charge on any atom is -0.481 e. The molecule has 4 atom stereocenters. The first-order chi connectivity index (χ1) is 9.65. The van der Waals surface area contributed by atoms with Gasteiger partial charge in [0.15, 0.2) is 0 Å². The van der Waals surface area contributed by atoms with Gasteiger partial charge in [0.25, 0.3) is 0 Å². The van der Waals surface area contributed by atoms with Crippen molar-refractivity contribution in [2.75, 3.05) is 6.54 Å². The molecular weight excluding hydrogens is 256 g/mol. The Bertz CT molecular complexity index is 395. The van der Waals surface area contributed by atoms with Crippen LogP contribution in [0.4, 0.5) is 4.79 Å². The van der Waals surface area contributed by atoms with E-state index in [0.717, 1.165) is 31.6 Å². The normalized spacial score (nSPS) is 35.6. The van der Waals surface area contributed by atoms with Crippen LogP contribution < -0.4 is 10.6 Å². The predicted molar refractivity (Wildman–Crippen MR) is 74.2 cm³/mol. The number of hydrogen-bond acceptors (Lipinski definition) is 2. The molecule has 3 fully saturated rings. The first kappa shape index (κ1) is 13.7. The summed E-state index contributed by atoms with van der Waals surface area (Å²) in [6, 6.07) is -0.358. The summed E-state index contributed by atoms with van der Waals surface area (Å²) in [5.41, 5.74) is 0. The summed E-state index contributed by atoms with van der Waals surface area (Å²) >= 11 is 0. The summed E-state index contributed by atoms with van der Waals surface area (Å²) in [5.74, 6) is 0.268. The van der Waals surface area contributed by atoms with Crippen molar-refractivity contribution >= 4 is 12.0 Å². The van der Waals surface area contributed by atoms with Gasteiger partial charge in [0.05, 0.1) is 5.92 Å². The third-order valence-electron chi connectivity index (χ3n) is 5.56. The summed E-state index contributed by atoms with van der Waals surface area (Å²) in [7, 11) is 0. The second-order valence-corrected chi connectivity index (χ2v) is 6.71. The summed E-state index contributed by atoms with van der Waals surface area (Å²) in [6.45, 7) is 0.703. The molecule has 0 spiro atoms. The number of rotatable bonds is 5. The van der Waals surface area contributed by atoms with E-state index in [4.69, 9.17) is 0 Å². The zero-order valence-corrected chi connectivity index (χ0v) is 11.8. The SMILES string of the molecule is O=C(NCCC1CCC1)NC1C2CCC(C2)C1C(=O)O. The Balaban J connectivity index is 1.46. The number of carbonyl (C=O) groups excluding carboxylic acids is 1. The maximum atomic E-state index is 11.9. The molecule has 0 heterocycles. The minimum absolute atomic E-state index is 0.171. The Morgan fingerprint density at radius 1 is 1.10 bits per heavy atom. The summed E-state index contributed by atoms with van der Waals surface area (Å²) in [6.07, 6.45) is 7.97. The van der Waals surface area contributed by atoms with Gasteiger partial charge in [-0.15, -0.1) is 0 Å². The summed E-state index contributed by atoms with van der Waals surface area (Å²) in [5, 5.41) is 15.1. The molecule has 0 saturated heterocycles. The van der Waals surface area contributed by atoms with E-state index in [1.165, 1.54) is 19.3 Å². The van der Waals surface area contributed by atoms with Crippen LogP contribution in [0.5, 0.6) is 0 Å². The average molecular weight is 280 g/mol. The number of amides is 2. The highest BCUT2D eigenvalue weighted by molar-refractivity contribution is 5.77. The number of carboxylic acid groups (broad SMARTS) is 1. The maximum absolute atomic E-state index is 11.9. The van der Waals surface area contributed by atoms with Crippen LogP contribution in [0.3, 0.4) is 0 Å². The Morgan fingerprint density at radius 3 is 2.50 bits per heavy atom. The number of fused-ring (bicyclic) bond motifs is 2. The molecule has 3 aliphatic carbocycles. The lowest BCUT2D eigenvalue weighted by molar-refractivity contribution is -0.144. The van der Waals surface area contributed by atoms with Gasteiger partial charge in [-0.25, -0.2) is 4.79 Å². The molecule has 4 unspecified atom stereocenters. The van der Waals surface area contributed by atoms with Crippen molar-refractivity contribution in [3.63, 3.8) is 0 Å². The van der Waals surface area contributed by atoms with Gasteiger partial charge in [-0.2, -0.15) is 0 Å². The predicted octanol–water partition coefficient (Wildman–Crippen LogP) is 1.98. The molecule has 5 nitrogen and oxygen atoms in total. The number of carbonyl (C=O) groups is 2. The molecule has 20 heavy (non-hydrogen) atoms. The number of hydrogen-bond donors (Lipinski definition) is 3. The van der Waals surface area contributed by atoms with Crippen LogP contribution in [0.2, 0.25) is 0 Å². The van der Waals surface area contributed by atoms with Crippen LogP contribution in [0.1, 0.15) is 44.9 Å². The van der Waals surface area contributed by atoms with Gasteiger partial charge < -0.3 is 15.7 Å². The van der Waals surface area contributed by atoms with Crippen molar-refractivity contribution in [2.24, 2.45) is 23.7 Å².